The second-order valence-corrected chi connectivity index (χ2v) is 4.68. The van der Waals surface area contributed by atoms with E-state index < -0.39 is 11.5 Å². The number of ether oxygens (including phenoxy) is 1. The van der Waals surface area contributed by atoms with Crippen molar-refractivity contribution in [1.82, 2.24) is 0 Å². The Labute approximate surface area is 112 Å². The number of Topliss-reactive ketones (excluding diaryl/α,β-unsaturated/α-hetero) is 1. The first-order valence-electron chi connectivity index (χ1n) is 5.93. The molecule has 0 spiro atoms. The number of terminal acetylenes is 1. The van der Waals surface area contributed by atoms with E-state index in [1.165, 1.54) is 7.11 Å². The van der Waals surface area contributed by atoms with Crippen molar-refractivity contribution in [2.24, 2.45) is 0 Å². The van der Waals surface area contributed by atoms with Crippen LogP contribution in [-0.4, -0.2) is 24.4 Å². The molecular weight excluding hydrogens is 242 g/mol. The van der Waals surface area contributed by atoms with Crippen molar-refractivity contribution in [3.63, 3.8) is 0 Å². The van der Waals surface area contributed by atoms with Gasteiger partial charge in [0.2, 0.25) is 11.3 Å². The maximum Gasteiger partial charge on any atom is 0.340 e. The number of hydrogen-bond acceptors (Lipinski definition) is 4. The highest BCUT2D eigenvalue weighted by Crippen LogP contribution is 2.39. The Balaban J connectivity index is 2.64. The average molecular weight is 257 g/mol. The van der Waals surface area contributed by atoms with Crippen LogP contribution < -0.4 is 5.32 Å². The molecule has 0 fully saturated rings. The third-order valence-corrected chi connectivity index (χ3v) is 3.48. The lowest BCUT2D eigenvalue weighted by atomic mass is 9.88. The van der Waals surface area contributed by atoms with Gasteiger partial charge >= 0.3 is 5.97 Å². The SMILES string of the molecule is C#CCC1(C(=O)OC)Nc2c(C)ccc(C)c2C1=O. The van der Waals surface area contributed by atoms with Crippen molar-refractivity contribution in [3.05, 3.63) is 28.8 Å². The molecule has 2 rings (SSSR count). The molecule has 4 heteroatoms. The third kappa shape index (κ3) is 1.70. The molecule has 0 saturated heterocycles. The van der Waals surface area contributed by atoms with Crippen LogP contribution in [0.2, 0.25) is 0 Å². The number of methoxy groups -OCH3 is 1. The first-order chi connectivity index (χ1) is 8.97. The van der Waals surface area contributed by atoms with Crippen LogP contribution in [-0.2, 0) is 9.53 Å². The summed E-state index contributed by atoms with van der Waals surface area (Å²) in [7, 11) is 1.25. The van der Waals surface area contributed by atoms with Crippen molar-refractivity contribution in [1.29, 1.82) is 0 Å². The van der Waals surface area contributed by atoms with Gasteiger partial charge in [0.1, 0.15) is 0 Å². The normalized spacial score (nSPS) is 20.4. The molecular formula is C15H15NO3. The Kier molecular flexibility index (Phi) is 3.07. The summed E-state index contributed by atoms with van der Waals surface area (Å²) in [5, 5.41) is 2.99. The molecule has 0 bridgehead atoms. The van der Waals surface area contributed by atoms with Crippen molar-refractivity contribution < 1.29 is 14.3 Å². The highest BCUT2D eigenvalue weighted by atomic mass is 16.5. The summed E-state index contributed by atoms with van der Waals surface area (Å²) in [6.07, 6.45) is 5.27. The maximum atomic E-state index is 12.6. The number of fused-ring (bicyclic) bond motifs is 1. The fraction of sp³-hybridized carbons (Fsp3) is 0.333. The van der Waals surface area contributed by atoms with Gasteiger partial charge in [0.25, 0.3) is 0 Å². The van der Waals surface area contributed by atoms with Crippen molar-refractivity contribution in [2.45, 2.75) is 25.8 Å². The van der Waals surface area contributed by atoms with E-state index in [4.69, 9.17) is 11.2 Å². The van der Waals surface area contributed by atoms with Crippen molar-refractivity contribution >= 4 is 17.4 Å². The predicted octanol–water partition coefficient (Wildman–Crippen LogP) is 1.85. The molecule has 1 aliphatic rings. The quantitative estimate of drug-likeness (QED) is 0.499. The second kappa shape index (κ2) is 4.43. The summed E-state index contributed by atoms with van der Waals surface area (Å²) in [5.41, 5.74) is 1.44. The van der Waals surface area contributed by atoms with Crippen LogP contribution in [0.5, 0.6) is 0 Å². The summed E-state index contributed by atoms with van der Waals surface area (Å²) in [4.78, 5) is 24.6. The van der Waals surface area contributed by atoms with E-state index in [9.17, 15) is 9.59 Å². The summed E-state index contributed by atoms with van der Waals surface area (Å²) in [6, 6.07) is 3.76. The van der Waals surface area contributed by atoms with Gasteiger partial charge in [-0.15, -0.1) is 12.3 Å². The van der Waals surface area contributed by atoms with Gasteiger partial charge in [0, 0.05) is 11.3 Å². The van der Waals surface area contributed by atoms with Gasteiger partial charge < -0.3 is 10.1 Å². The third-order valence-electron chi connectivity index (χ3n) is 3.48. The molecule has 19 heavy (non-hydrogen) atoms. The van der Waals surface area contributed by atoms with Gasteiger partial charge in [-0.05, 0) is 25.0 Å². The summed E-state index contributed by atoms with van der Waals surface area (Å²) < 4.78 is 4.75. The monoisotopic (exact) mass is 257 g/mol. The van der Waals surface area contributed by atoms with Gasteiger partial charge in [0.05, 0.1) is 13.5 Å². The lowest BCUT2D eigenvalue weighted by molar-refractivity contribution is -0.143. The lowest BCUT2D eigenvalue weighted by Crippen LogP contribution is -2.50. The number of hydrogen-bond donors (Lipinski definition) is 1. The van der Waals surface area contributed by atoms with Gasteiger partial charge in [0.15, 0.2) is 0 Å². The topological polar surface area (TPSA) is 55.4 Å². The largest absolute Gasteiger partial charge is 0.467 e. The second-order valence-electron chi connectivity index (χ2n) is 4.68. The molecule has 4 nitrogen and oxygen atoms in total. The fourth-order valence-corrected chi connectivity index (χ4v) is 2.42. The number of carbonyl (C=O) groups is 2. The lowest BCUT2D eigenvalue weighted by Gasteiger charge is -2.23. The smallest absolute Gasteiger partial charge is 0.340 e. The minimum atomic E-state index is -1.48. The average Bonchev–Trinajstić information content (AvgIpc) is 2.70. The molecule has 1 heterocycles. The summed E-state index contributed by atoms with van der Waals surface area (Å²) in [5.74, 6) is 1.43. The highest BCUT2D eigenvalue weighted by Gasteiger charge is 2.53. The number of esters is 1. The molecule has 98 valence electrons. The Morgan fingerprint density at radius 1 is 1.42 bits per heavy atom. The van der Waals surface area contributed by atoms with E-state index in [0.29, 0.717) is 11.3 Å². The van der Waals surface area contributed by atoms with Crippen LogP contribution in [0.15, 0.2) is 12.1 Å². The van der Waals surface area contributed by atoms with E-state index >= 15 is 0 Å². The number of aryl methyl sites for hydroxylation is 2. The van der Waals surface area contributed by atoms with Crippen LogP contribution in [0.4, 0.5) is 5.69 Å². The standard InChI is InChI=1S/C15H15NO3/c1-5-8-15(14(18)19-4)13(17)11-9(2)6-7-10(3)12(11)16-15/h1,6-7,16H,8H2,2-4H3. The zero-order valence-electron chi connectivity index (χ0n) is 11.2. The first-order valence-corrected chi connectivity index (χ1v) is 5.93. The van der Waals surface area contributed by atoms with Crippen LogP contribution >= 0.6 is 0 Å². The van der Waals surface area contributed by atoms with E-state index in [2.05, 4.69) is 11.2 Å². The Morgan fingerprint density at radius 2 is 2.05 bits per heavy atom. The predicted molar refractivity (Wildman–Crippen MR) is 72.1 cm³/mol. The number of benzene rings is 1. The van der Waals surface area contributed by atoms with Crippen LogP contribution in [0.25, 0.3) is 0 Å². The van der Waals surface area contributed by atoms with E-state index in [1.54, 1.807) is 0 Å². The van der Waals surface area contributed by atoms with Crippen LogP contribution in [0.1, 0.15) is 27.9 Å². The Morgan fingerprint density at radius 3 is 2.58 bits per heavy atom. The molecule has 1 aliphatic heterocycles. The summed E-state index contributed by atoms with van der Waals surface area (Å²) >= 11 is 0. The molecule has 1 atom stereocenters. The maximum absolute atomic E-state index is 12.6. The molecule has 1 unspecified atom stereocenters. The number of ketones is 1. The molecule has 0 radical (unpaired) electrons. The van der Waals surface area contributed by atoms with Crippen LogP contribution in [0.3, 0.4) is 0 Å². The van der Waals surface area contributed by atoms with Crippen molar-refractivity contribution in [3.8, 4) is 12.3 Å². The van der Waals surface area contributed by atoms with Gasteiger partial charge in [-0.3, -0.25) is 4.79 Å². The summed E-state index contributed by atoms with van der Waals surface area (Å²) in [6.45, 7) is 3.71. The van der Waals surface area contributed by atoms with Gasteiger partial charge in [-0.2, -0.15) is 0 Å². The van der Waals surface area contributed by atoms with E-state index in [0.717, 1.165) is 11.1 Å². The fourth-order valence-electron chi connectivity index (χ4n) is 2.42. The van der Waals surface area contributed by atoms with Gasteiger partial charge in [-0.1, -0.05) is 12.1 Å². The van der Waals surface area contributed by atoms with E-state index in [-0.39, 0.29) is 12.2 Å². The molecule has 0 amide bonds. The number of anilines is 1. The Hall–Kier alpha value is -2.28. The minimum absolute atomic E-state index is 0.0356. The first kappa shape index (κ1) is 13.2. The Bertz CT molecular complexity index is 613. The molecule has 0 aromatic heterocycles. The molecule has 1 aromatic rings. The highest BCUT2D eigenvalue weighted by molar-refractivity contribution is 6.25. The zero-order chi connectivity index (χ0) is 14.2. The molecule has 1 aromatic carbocycles. The van der Waals surface area contributed by atoms with Gasteiger partial charge in [-0.25, -0.2) is 4.79 Å². The van der Waals surface area contributed by atoms with Crippen molar-refractivity contribution in [2.75, 3.05) is 12.4 Å². The van der Waals surface area contributed by atoms with Crippen LogP contribution in [0, 0.1) is 26.2 Å². The molecule has 1 N–H and O–H groups in total. The molecule has 0 aliphatic carbocycles. The number of rotatable bonds is 2. The molecule has 0 saturated carbocycles. The minimum Gasteiger partial charge on any atom is -0.467 e. The van der Waals surface area contributed by atoms with E-state index in [1.807, 2.05) is 26.0 Å². The number of nitrogens with one attached hydrogen (secondary N) is 1. The zero-order valence-corrected chi connectivity index (χ0v) is 11.2. The number of carbonyl (C=O) groups excluding carboxylic acids is 2.